The van der Waals surface area contributed by atoms with Gasteiger partial charge in [-0.3, -0.25) is 0 Å². The minimum absolute atomic E-state index is 1.13. The Morgan fingerprint density at radius 1 is 1.11 bits per heavy atom. The fraction of sp³-hybridized carbons (Fsp3) is 0.579. The van der Waals surface area contributed by atoms with Crippen LogP contribution in [0.15, 0.2) is 47.6 Å². The van der Waals surface area contributed by atoms with E-state index in [0.717, 1.165) is 6.42 Å². The summed E-state index contributed by atoms with van der Waals surface area (Å²) in [6.45, 7) is 8.38. The largest absolute Gasteiger partial charge is 0.103 e. The Bertz CT molecular complexity index is 342. The fourth-order valence-electron chi connectivity index (χ4n) is 2.63. The Hall–Kier alpha value is -1.04. The topological polar surface area (TPSA) is 0 Å². The van der Waals surface area contributed by atoms with Gasteiger partial charge in [0.05, 0.1) is 0 Å². The molecule has 0 aromatic heterocycles. The monoisotopic (exact) mass is 258 g/mol. The van der Waals surface area contributed by atoms with E-state index in [1.807, 2.05) is 6.08 Å². The molecule has 0 aromatic carbocycles. The predicted octanol–water partition coefficient (Wildman–Crippen LogP) is 6.52. The van der Waals surface area contributed by atoms with Crippen LogP contribution in [-0.2, 0) is 0 Å². The molecule has 0 heterocycles. The van der Waals surface area contributed by atoms with Gasteiger partial charge in [0.15, 0.2) is 0 Å². The minimum atomic E-state index is 1.13. The van der Waals surface area contributed by atoms with Crippen LogP contribution in [0.25, 0.3) is 0 Å². The Labute approximate surface area is 120 Å². The third kappa shape index (κ3) is 5.63. The first-order chi connectivity index (χ1) is 9.33. The van der Waals surface area contributed by atoms with E-state index < -0.39 is 0 Å². The van der Waals surface area contributed by atoms with Gasteiger partial charge in [-0.25, -0.2) is 0 Å². The Balaban J connectivity index is 2.71. The highest BCUT2D eigenvalue weighted by molar-refractivity contribution is 5.51. The van der Waals surface area contributed by atoms with Gasteiger partial charge >= 0.3 is 0 Å². The summed E-state index contributed by atoms with van der Waals surface area (Å²) in [7, 11) is 0. The first-order valence-electron chi connectivity index (χ1n) is 8.04. The van der Waals surface area contributed by atoms with Crippen molar-refractivity contribution in [3.63, 3.8) is 0 Å². The first kappa shape index (κ1) is 16.0. The lowest BCUT2D eigenvalue weighted by molar-refractivity contribution is 0.706. The molecule has 0 radical (unpaired) electrons. The first-order valence-corrected chi connectivity index (χ1v) is 8.04. The summed E-state index contributed by atoms with van der Waals surface area (Å²) in [6.07, 6.45) is 20.3. The standard InChI is InChI=1S/C19H30/c1-4-7-10-14-18-15-11-16-19(18)17(12-8-5-2)13-9-6-3/h4,11,15-16H,1,5-10,12-14H2,2-3H3. The molecular weight excluding hydrogens is 228 g/mol. The highest BCUT2D eigenvalue weighted by atomic mass is 14.2. The van der Waals surface area contributed by atoms with E-state index in [0.29, 0.717) is 0 Å². The van der Waals surface area contributed by atoms with Gasteiger partial charge in [-0.05, 0) is 56.1 Å². The van der Waals surface area contributed by atoms with Crippen molar-refractivity contribution < 1.29 is 0 Å². The van der Waals surface area contributed by atoms with Crippen molar-refractivity contribution >= 4 is 0 Å². The Kier molecular flexibility index (Phi) is 8.29. The van der Waals surface area contributed by atoms with Crippen LogP contribution in [0.3, 0.4) is 0 Å². The van der Waals surface area contributed by atoms with Gasteiger partial charge in [-0.2, -0.15) is 0 Å². The van der Waals surface area contributed by atoms with Gasteiger partial charge in [0, 0.05) is 0 Å². The molecule has 0 saturated carbocycles. The lowest BCUT2D eigenvalue weighted by atomic mass is 9.92. The molecule has 106 valence electrons. The fourth-order valence-corrected chi connectivity index (χ4v) is 2.63. The second-order valence-electron chi connectivity index (χ2n) is 5.46. The zero-order valence-electron chi connectivity index (χ0n) is 12.9. The van der Waals surface area contributed by atoms with Crippen LogP contribution in [0.5, 0.6) is 0 Å². The van der Waals surface area contributed by atoms with E-state index in [-0.39, 0.29) is 0 Å². The molecule has 1 aliphatic rings. The minimum Gasteiger partial charge on any atom is -0.103 e. The van der Waals surface area contributed by atoms with Crippen LogP contribution in [0.1, 0.15) is 71.6 Å². The second kappa shape index (κ2) is 9.83. The normalized spacial score (nSPS) is 13.8. The molecule has 19 heavy (non-hydrogen) atoms. The lowest BCUT2D eigenvalue weighted by Gasteiger charge is -2.13. The maximum Gasteiger partial charge on any atom is -0.0233 e. The van der Waals surface area contributed by atoms with Gasteiger partial charge in [-0.15, -0.1) is 6.58 Å². The van der Waals surface area contributed by atoms with Gasteiger partial charge in [0.2, 0.25) is 0 Å². The van der Waals surface area contributed by atoms with E-state index in [9.17, 15) is 0 Å². The van der Waals surface area contributed by atoms with Crippen LogP contribution in [0, 0.1) is 0 Å². The summed E-state index contributed by atoms with van der Waals surface area (Å²) in [4.78, 5) is 0. The Morgan fingerprint density at radius 2 is 1.79 bits per heavy atom. The molecule has 0 atom stereocenters. The maximum absolute atomic E-state index is 3.81. The number of hydrogen-bond donors (Lipinski definition) is 0. The maximum atomic E-state index is 3.81. The SMILES string of the molecule is C=CCCCC1=CC=CC1=C(CCCC)CCCC. The van der Waals surface area contributed by atoms with Crippen molar-refractivity contribution in [2.75, 3.05) is 0 Å². The van der Waals surface area contributed by atoms with E-state index >= 15 is 0 Å². The molecule has 0 heteroatoms. The van der Waals surface area contributed by atoms with Crippen LogP contribution >= 0.6 is 0 Å². The van der Waals surface area contributed by atoms with Gasteiger partial charge in [-0.1, -0.05) is 56.6 Å². The number of rotatable bonds is 10. The van der Waals surface area contributed by atoms with Crippen molar-refractivity contribution in [3.05, 3.63) is 47.6 Å². The summed E-state index contributed by atoms with van der Waals surface area (Å²) in [5, 5.41) is 0. The quantitative estimate of drug-likeness (QED) is 0.309. The Morgan fingerprint density at radius 3 is 2.37 bits per heavy atom. The molecule has 0 spiro atoms. The third-order valence-electron chi connectivity index (χ3n) is 3.81. The molecular formula is C19H30. The molecule has 0 nitrogen and oxygen atoms in total. The zero-order valence-corrected chi connectivity index (χ0v) is 12.9. The summed E-state index contributed by atoms with van der Waals surface area (Å²) in [5.41, 5.74) is 4.82. The number of unbranched alkanes of at least 4 members (excludes halogenated alkanes) is 3. The average molecular weight is 258 g/mol. The molecule has 0 bridgehead atoms. The van der Waals surface area contributed by atoms with E-state index in [1.54, 1.807) is 16.7 Å². The van der Waals surface area contributed by atoms with Crippen LogP contribution < -0.4 is 0 Å². The lowest BCUT2D eigenvalue weighted by Crippen LogP contribution is -1.94. The molecule has 0 aliphatic heterocycles. The summed E-state index contributed by atoms with van der Waals surface area (Å²) < 4.78 is 0. The molecule has 0 saturated heterocycles. The molecule has 0 N–H and O–H groups in total. The van der Waals surface area contributed by atoms with Gasteiger partial charge < -0.3 is 0 Å². The van der Waals surface area contributed by atoms with Crippen molar-refractivity contribution in [2.24, 2.45) is 0 Å². The van der Waals surface area contributed by atoms with Crippen molar-refractivity contribution in [3.8, 4) is 0 Å². The van der Waals surface area contributed by atoms with Gasteiger partial charge in [0.25, 0.3) is 0 Å². The van der Waals surface area contributed by atoms with Gasteiger partial charge in [0.1, 0.15) is 0 Å². The van der Waals surface area contributed by atoms with Crippen molar-refractivity contribution in [1.82, 2.24) is 0 Å². The van der Waals surface area contributed by atoms with Crippen LogP contribution in [0.2, 0.25) is 0 Å². The molecule has 0 aromatic rings. The smallest absolute Gasteiger partial charge is 0.0233 e. The number of allylic oxidation sites excluding steroid dienone is 7. The van der Waals surface area contributed by atoms with Crippen LogP contribution in [-0.4, -0.2) is 0 Å². The molecule has 0 unspecified atom stereocenters. The predicted molar refractivity (Wildman–Crippen MR) is 87.3 cm³/mol. The highest BCUT2D eigenvalue weighted by Crippen LogP contribution is 2.31. The molecule has 1 rings (SSSR count). The zero-order chi connectivity index (χ0) is 13.9. The molecule has 0 fully saturated rings. The van der Waals surface area contributed by atoms with Crippen LogP contribution in [0.4, 0.5) is 0 Å². The highest BCUT2D eigenvalue weighted by Gasteiger charge is 2.11. The van der Waals surface area contributed by atoms with E-state index in [2.05, 4.69) is 38.7 Å². The van der Waals surface area contributed by atoms with Crippen molar-refractivity contribution in [1.29, 1.82) is 0 Å². The molecule has 0 amide bonds. The summed E-state index contributed by atoms with van der Waals surface area (Å²) >= 11 is 0. The average Bonchev–Trinajstić information content (AvgIpc) is 2.88. The van der Waals surface area contributed by atoms with E-state index in [4.69, 9.17) is 0 Å². The molecule has 1 aliphatic carbocycles. The van der Waals surface area contributed by atoms with Crippen molar-refractivity contribution in [2.45, 2.75) is 71.6 Å². The second-order valence-corrected chi connectivity index (χ2v) is 5.46. The summed E-state index contributed by atoms with van der Waals surface area (Å²) in [5.74, 6) is 0. The summed E-state index contributed by atoms with van der Waals surface area (Å²) in [6, 6.07) is 0. The third-order valence-corrected chi connectivity index (χ3v) is 3.81. The number of hydrogen-bond acceptors (Lipinski definition) is 0. The van der Waals surface area contributed by atoms with E-state index in [1.165, 1.54) is 51.4 Å².